The van der Waals surface area contributed by atoms with E-state index in [2.05, 4.69) is 15.3 Å². The number of carboxylic acids is 1. The summed E-state index contributed by atoms with van der Waals surface area (Å²) in [5.41, 5.74) is 0.678. The zero-order chi connectivity index (χ0) is 15.4. The van der Waals surface area contributed by atoms with Crippen molar-refractivity contribution >= 4 is 11.9 Å². The number of nitrogens with one attached hydrogen (secondary N) is 1. The lowest BCUT2D eigenvalue weighted by Gasteiger charge is -2.03. The number of carbonyl (C=O) groups excluding carboxylic acids is 1. The van der Waals surface area contributed by atoms with Crippen molar-refractivity contribution < 1.29 is 19.1 Å². The lowest BCUT2D eigenvalue weighted by atomic mass is 10.2. The SMILES string of the molecule is CCc1oc(C(=O)NCc2ccnc(C)n2)cc1C(=O)O. The first-order valence-corrected chi connectivity index (χ1v) is 6.44. The molecule has 0 saturated heterocycles. The Labute approximate surface area is 121 Å². The van der Waals surface area contributed by atoms with Crippen molar-refractivity contribution in [2.45, 2.75) is 26.8 Å². The average molecular weight is 289 g/mol. The van der Waals surface area contributed by atoms with E-state index in [-0.39, 0.29) is 23.6 Å². The molecule has 0 bridgehead atoms. The third-order valence-corrected chi connectivity index (χ3v) is 2.85. The molecule has 0 aromatic carbocycles. The van der Waals surface area contributed by atoms with E-state index in [1.807, 2.05) is 0 Å². The molecule has 21 heavy (non-hydrogen) atoms. The molecule has 110 valence electrons. The van der Waals surface area contributed by atoms with Crippen LogP contribution in [0.1, 0.15) is 45.1 Å². The zero-order valence-electron chi connectivity index (χ0n) is 11.7. The summed E-state index contributed by atoms with van der Waals surface area (Å²) in [5, 5.41) is 11.7. The van der Waals surface area contributed by atoms with E-state index in [1.54, 1.807) is 26.1 Å². The lowest BCUT2D eigenvalue weighted by Crippen LogP contribution is -2.23. The van der Waals surface area contributed by atoms with Crippen LogP contribution in [0.3, 0.4) is 0 Å². The van der Waals surface area contributed by atoms with E-state index in [1.165, 1.54) is 6.07 Å². The maximum atomic E-state index is 12.0. The van der Waals surface area contributed by atoms with Crippen molar-refractivity contribution in [2.24, 2.45) is 0 Å². The quantitative estimate of drug-likeness (QED) is 0.865. The molecule has 0 fully saturated rings. The van der Waals surface area contributed by atoms with E-state index in [9.17, 15) is 9.59 Å². The van der Waals surface area contributed by atoms with Gasteiger partial charge in [0.2, 0.25) is 0 Å². The summed E-state index contributed by atoms with van der Waals surface area (Å²) in [6.45, 7) is 3.73. The highest BCUT2D eigenvalue weighted by Gasteiger charge is 2.19. The largest absolute Gasteiger partial charge is 0.478 e. The first-order chi connectivity index (χ1) is 10.0. The first kappa shape index (κ1) is 14.7. The fourth-order valence-corrected chi connectivity index (χ4v) is 1.85. The molecule has 2 N–H and O–H groups in total. The Bertz CT molecular complexity index is 679. The molecule has 0 aliphatic carbocycles. The molecule has 2 rings (SSSR count). The average Bonchev–Trinajstić information content (AvgIpc) is 2.89. The Morgan fingerprint density at radius 2 is 2.19 bits per heavy atom. The number of aryl methyl sites for hydroxylation is 2. The standard InChI is InChI=1S/C14H15N3O4/c1-3-11-10(14(19)20)6-12(21-11)13(18)16-7-9-4-5-15-8(2)17-9/h4-6H,3,7H2,1-2H3,(H,16,18)(H,19,20). The predicted octanol–water partition coefficient (Wildman–Crippen LogP) is 1.57. The summed E-state index contributed by atoms with van der Waals surface area (Å²) < 4.78 is 5.27. The molecular formula is C14H15N3O4. The number of carbonyl (C=O) groups is 2. The second kappa shape index (κ2) is 6.17. The number of hydrogen-bond acceptors (Lipinski definition) is 5. The van der Waals surface area contributed by atoms with Crippen molar-refractivity contribution in [1.82, 2.24) is 15.3 Å². The monoisotopic (exact) mass is 289 g/mol. The summed E-state index contributed by atoms with van der Waals surface area (Å²) in [4.78, 5) is 31.1. The maximum absolute atomic E-state index is 12.0. The van der Waals surface area contributed by atoms with Crippen LogP contribution < -0.4 is 5.32 Å². The van der Waals surface area contributed by atoms with Gasteiger partial charge in [0.05, 0.1) is 12.2 Å². The van der Waals surface area contributed by atoms with Crippen molar-refractivity contribution in [3.63, 3.8) is 0 Å². The van der Waals surface area contributed by atoms with Gasteiger partial charge in [-0.1, -0.05) is 6.92 Å². The molecule has 2 heterocycles. The predicted molar refractivity (Wildman–Crippen MR) is 73.0 cm³/mol. The van der Waals surface area contributed by atoms with Gasteiger partial charge in [-0.2, -0.15) is 0 Å². The number of carboxylic acid groups (broad SMARTS) is 1. The third-order valence-electron chi connectivity index (χ3n) is 2.85. The number of nitrogens with zero attached hydrogens (tertiary/aromatic N) is 2. The van der Waals surface area contributed by atoms with Gasteiger partial charge in [0.1, 0.15) is 17.1 Å². The minimum atomic E-state index is -1.11. The van der Waals surface area contributed by atoms with Crippen LogP contribution in [-0.2, 0) is 13.0 Å². The summed E-state index contributed by atoms with van der Waals surface area (Å²) in [6, 6.07) is 2.93. The highest BCUT2D eigenvalue weighted by Crippen LogP contribution is 2.16. The van der Waals surface area contributed by atoms with Crippen molar-refractivity contribution in [3.8, 4) is 0 Å². The van der Waals surface area contributed by atoms with Crippen LogP contribution in [0.4, 0.5) is 0 Å². The van der Waals surface area contributed by atoms with Crippen LogP contribution in [-0.4, -0.2) is 27.0 Å². The second-order valence-corrected chi connectivity index (χ2v) is 4.38. The summed E-state index contributed by atoms with van der Waals surface area (Å²) in [5.74, 6) is -0.712. The Morgan fingerprint density at radius 3 is 2.76 bits per heavy atom. The molecule has 0 unspecified atom stereocenters. The molecule has 2 aromatic heterocycles. The van der Waals surface area contributed by atoms with E-state index in [4.69, 9.17) is 9.52 Å². The smallest absolute Gasteiger partial charge is 0.339 e. The van der Waals surface area contributed by atoms with Crippen molar-refractivity contribution in [3.05, 3.63) is 46.9 Å². The van der Waals surface area contributed by atoms with Crippen LogP contribution in [0, 0.1) is 6.92 Å². The molecule has 7 heteroatoms. The topological polar surface area (TPSA) is 105 Å². The van der Waals surface area contributed by atoms with E-state index >= 15 is 0 Å². The molecule has 1 amide bonds. The van der Waals surface area contributed by atoms with Crippen LogP contribution >= 0.6 is 0 Å². The molecule has 0 spiro atoms. The number of amides is 1. The normalized spacial score (nSPS) is 10.4. The third kappa shape index (κ3) is 3.44. The summed E-state index contributed by atoms with van der Waals surface area (Å²) in [7, 11) is 0. The van der Waals surface area contributed by atoms with E-state index in [0.717, 1.165) is 0 Å². The number of aromatic carboxylic acids is 1. The molecule has 2 aromatic rings. The highest BCUT2D eigenvalue weighted by molar-refractivity contribution is 5.96. The Kier molecular flexibility index (Phi) is 4.32. The number of furan rings is 1. The Balaban J connectivity index is 2.08. The maximum Gasteiger partial charge on any atom is 0.339 e. The Morgan fingerprint density at radius 1 is 1.43 bits per heavy atom. The van der Waals surface area contributed by atoms with Crippen molar-refractivity contribution in [1.29, 1.82) is 0 Å². The molecular weight excluding hydrogens is 274 g/mol. The van der Waals surface area contributed by atoms with Gasteiger partial charge in [-0.05, 0) is 13.0 Å². The summed E-state index contributed by atoms with van der Waals surface area (Å²) in [6.07, 6.45) is 2.01. The van der Waals surface area contributed by atoms with Gasteiger partial charge in [0.25, 0.3) is 5.91 Å². The first-order valence-electron chi connectivity index (χ1n) is 6.44. The van der Waals surface area contributed by atoms with Crippen LogP contribution in [0.15, 0.2) is 22.7 Å². The lowest BCUT2D eigenvalue weighted by molar-refractivity contribution is 0.0694. The van der Waals surface area contributed by atoms with Gasteiger partial charge in [0, 0.05) is 18.7 Å². The van der Waals surface area contributed by atoms with Gasteiger partial charge >= 0.3 is 5.97 Å². The number of aromatic nitrogens is 2. The fourth-order valence-electron chi connectivity index (χ4n) is 1.85. The van der Waals surface area contributed by atoms with Gasteiger partial charge in [-0.15, -0.1) is 0 Å². The molecule has 7 nitrogen and oxygen atoms in total. The van der Waals surface area contributed by atoms with E-state index < -0.39 is 11.9 Å². The highest BCUT2D eigenvalue weighted by atomic mass is 16.4. The van der Waals surface area contributed by atoms with Crippen LogP contribution in [0.5, 0.6) is 0 Å². The molecule has 0 atom stereocenters. The Hall–Kier alpha value is -2.70. The zero-order valence-corrected chi connectivity index (χ0v) is 11.7. The van der Waals surface area contributed by atoms with Crippen LogP contribution in [0.25, 0.3) is 0 Å². The second-order valence-electron chi connectivity index (χ2n) is 4.38. The summed E-state index contributed by atoms with van der Waals surface area (Å²) >= 11 is 0. The van der Waals surface area contributed by atoms with Crippen molar-refractivity contribution in [2.75, 3.05) is 0 Å². The minimum Gasteiger partial charge on any atom is -0.478 e. The van der Waals surface area contributed by atoms with E-state index in [0.29, 0.717) is 17.9 Å². The minimum absolute atomic E-state index is 0.0144. The molecule has 0 radical (unpaired) electrons. The van der Waals surface area contributed by atoms with Crippen LogP contribution in [0.2, 0.25) is 0 Å². The molecule has 0 aliphatic rings. The fraction of sp³-hybridized carbons (Fsp3) is 0.286. The molecule has 0 saturated carbocycles. The number of hydrogen-bond donors (Lipinski definition) is 2. The van der Waals surface area contributed by atoms with Gasteiger partial charge in [-0.25, -0.2) is 14.8 Å². The van der Waals surface area contributed by atoms with Gasteiger partial charge < -0.3 is 14.8 Å². The van der Waals surface area contributed by atoms with Gasteiger partial charge in [-0.3, -0.25) is 4.79 Å². The molecule has 0 aliphatic heterocycles. The number of rotatable bonds is 5. The van der Waals surface area contributed by atoms with Gasteiger partial charge in [0.15, 0.2) is 5.76 Å².